The molecule has 1 N–H and O–H groups in total. The number of ether oxygens (including phenoxy) is 2. The summed E-state index contributed by atoms with van der Waals surface area (Å²) < 4.78 is 11.3. The zero-order valence-corrected chi connectivity index (χ0v) is 20.9. The highest BCUT2D eigenvalue weighted by Crippen LogP contribution is 2.44. The van der Waals surface area contributed by atoms with Crippen LogP contribution in [-0.2, 0) is 6.54 Å². The summed E-state index contributed by atoms with van der Waals surface area (Å²) in [5, 5.41) is 7.60. The number of nitrogens with one attached hydrogen (secondary N) is 1. The molecule has 0 saturated heterocycles. The van der Waals surface area contributed by atoms with Crippen molar-refractivity contribution in [2.75, 3.05) is 13.7 Å². The summed E-state index contributed by atoms with van der Waals surface area (Å²) in [7, 11) is 1.65. The lowest BCUT2D eigenvalue weighted by Crippen LogP contribution is -2.29. The van der Waals surface area contributed by atoms with Gasteiger partial charge in [0.25, 0.3) is 5.91 Å². The Morgan fingerprint density at radius 3 is 2.31 bits per heavy atom. The Morgan fingerprint density at radius 2 is 1.64 bits per heavy atom. The molecule has 0 aliphatic carbocycles. The van der Waals surface area contributed by atoms with Crippen molar-refractivity contribution in [3.05, 3.63) is 101 Å². The second-order valence-corrected chi connectivity index (χ2v) is 9.51. The first-order valence-electron chi connectivity index (χ1n) is 12.4. The van der Waals surface area contributed by atoms with E-state index in [0.29, 0.717) is 24.8 Å². The maximum atomic E-state index is 13.6. The van der Waals surface area contributed by atoms with Gasteiger partial charge in [0.15, 0.2) is 0 Å². The standard InChI is InChI=1S/C30H31N3O3/c1-20(2)17-18-36-25-15-11-23(12-16-25)29-26-27(22-9-13-24(35-3)14-10-22)31-32-28(26)30(34)33(29)19-21-7-5-4-6-8-21/h4-16,20,29H,17-19H2,1-3H3,(H,31,32). The minimum Gasteiger partial charge on any atom is -0.497 e. The van der Waals surface area contributed by atoms with Crippen molar-refractivity contribution in [3.63, 3.8) is 0 Å². The second-order valence-electron chi connectivity index (χ2n) is 9.51. The van der Waals surface area contributed by atoms with Crippen molar-refractivity contribution in [2.24, 2.45) is 5.92 Å². The molecule has 1 atom stereocenters. The quantitative estimate of drug-likeness (QED) is 0.307. The average Bonchev–Trinajstić information content (AvgIpc) is 3.44. The van der Waals surface area contributed by atoms with E-state index in [-0.39, 0.29) is 11.9 Å². The maximum absolute atomic E-state index is 13.6. The lowest BCUT2D eigenvalue weighted by Gasteiger charge is -2.26. The predicted molar refractivity (Wildman–Crippen MR) is 140 cm³/mol. The van der Waals surface area contributed by atoms with E-state index in [1.54, 1.807) is 7.11 Å². The Balaban J connectivity index is 1.52. The second kappa shape index (κ2) is 10.3. The monoisotopic (exact) mass is 481 g/mol. The molecule has 184 valence electrons. The Labute approximate surface area is 211 Å². The number of benzene rings is 3. The van der Waals surface area contributed by atoms with Crippen LogP contribution in [0.1, 0.15) is 53.5 Å². The van der Waals surface area contributed by atoms with Crippen LogP contribution in [0.15, 0.2) is 78.9 Å². The number of nitrogens with zero attached hydrogens (tertiary/aromatic N) is 2. The van der Waals surface area contributed by atoms with Crippen LogP contribution >= 0.6 is 0 Å². The molecule has 1 aliphatic heterocycles. The number of aromatic amines is 1. The Morgan fingerprint density at radius 1 is 0.944 bits per heavy atom. The van der Waals surface area contributed by atoms with Gasteiger partial charge in [0.1, 0.15) is 17.2 Å². The number of fused-ring (bicyclic) bond motifs is 1. The molecule has 4 aromatic rings. The molecule has 0 radical (unpaired) electrons. The van der Waals surface area contributed by atoms with E-state index in [1.165, 1.54) is 0 Å². The molecule has 6 nitrogen and oxygen atoms in total. The van der Waals surface area contributed by atoms with Gasteiger partial charge in [-0.2, -0.15) is 5.10 Å². The van der Waals surface area contributed by atoms with Crippen molar-refractivity contribution >= 4 is 5.91 Å². The van der Waals surface area contributed by atoms with Gasteiger partial charge >= 0.3 is 0 Å². The van der Waals surface area contributed by atoms with E-state index < -0.39 is 0 Å². The fraction of sp³-hybridized carbons (Fsp3) is 0.267. The number of methoxy groups -OCH3 is 1. The molecular weight excluding hydrogens is 450 g/mol. The number of H-pyrrole nitrogens is 1. The molecule has 1 unspecified atom stereocenters. The third-order valence-electron chi connectivity index (χ3n) is 6.58. The molecule has 0 fully saturated rings. The molecule has 3 aromatic carbocycles. The molecule has 2 heterocycles. The van der Waals surface area contributed by atoms with E-state index in [9.17, 15) is 4.79 Å². The van der Waals surface area contributed by atoms with Crippen LogP contribution in [0.25, 0.3) is 11.3 Å². The topological polar surface area (TPSA) is 67.5 Å². The van der Waals surface area contributed by atoms with Gasteiger partial charge in [-0.05, 0) is 59.9 Å². The highest BCUT2D eigenvalue weighted by atomic mass is 16.5. The number of aromatic nitrogens is 2. The maximum Gasteiger partial charge on any atom is 0.273 e. The number of amides is 1. The van der Waals surface area contributed by atoms with E-state index in [0.717, 1.165) is 45.9 Å². The Bertz CT molecular complexity index is 1310. The number of hydrogen-bond acceptors (Lipinski definition) is 4. The largest absolute Gasteiger partial charge is 0.497 e. The van der Waals surface area contributed by atoms with Crippen LogP contribution in [0.5, 0.6) is 11.5 Å². The predicted octanol–water partition coefficient (Wildman–Crippen LogP) is 6.26. The Hall–Kier alpha value is -4.06. The zero-order valence-electron chi connectivity index (χ0n) is 20.9. The van der Waals surface area contributed by atoms with Crippen LogP contribution in [0.2, 0.25) is 0 Å². The van der Waals surface area contributed by atoms with Crippen LogP contribution in [0, 0.1) is 5.92 Å². The van der Waals surface area contributed by atoms with Crippen LogP contribution in [0.4, 0.5) is 0 Å². The SMILES string of the molecule is COc1ccc(-c2n[nH]c3c2C(c2ccc(OCCC(C)C)cc2)N(Cc2ccccc2)C3=O)cc1. The van der Waals surface area contributed by atoms with Crippen molar-refractivity contribution in [1.29, 1.82) is 0 Å². The molecule has 1 amide bonds. The van der Waals surface area contributed by atoms with Crippen molar-refractivity contribution in [1.82, 2.24) is 15.1 Å². The smallest absolute Gasteiger partial charge is 0.273 e. The van der Waals surface area contributed by atoms with Gasteiger partial charge in [-0.25, -0.2) is 0 Å². The van der Waals surface area contributed by atoms with Gasteiger partial charge in [0, 0.05) is 17.7 Å². The fourth-order valence-corrected chi connectivity index (χ4v) is 4.61. The van der Waals surface area contributed by atoms with Crippen molar-refractivity contribution in [3.8, 4) is 22.8 Å². The number of hydrogen-bond donors (Lipinski definition) is 1. The highest BCUT2D eigenvalue weighted by Gasteiger charge is 2.42. The summed E-state index contributed by atoms with van der Waals surface area (Å²) in [4.78, 5) is 15.5. The first kappa shape index (κ1) is 23.7. The fourth-order valence-electron chi connectivity index (χ4n) is 4.61. The summed E-state index contributed by atoms with van der Waals surface area (Å²) in [5.41, 5.74) is 5.24. The van der Waals surface area contributed by atoms with Crippen LogP contribution in [0.3, 0.4) is 0 Å². The molecule has 6 heteroatoms. The minimum atomic E-state index is -0.270. The molecule has 1 aliphatic rings. The average molecular weight is 482 g/mol. The molecule has 0 bridgehead atoms. The van der Waals surface area contributed by atoms with Gasteiger partial charge in [0.2, 0.25) is 0 Å². The van der Waals surface area contributed by atoms with Gasteiger partial charge in [-0.1, -0.05) is 56.3 Å². The van der Waals surface area contributed by atoms with Crippen LogP contribution in [-0.4, -0.2) is 34.7 Å². The third-order valence-corrected chi connectivity index (χ3v) is 6.58. The third kappa shape index (κ3) is 4.71. The number of rotatable bonds is 9. The van der Waals surface area contributed by atoms with E-state index in [1.807, 2.05) is 71.6 Å². The normalized spacial score (nSPS) is 14.8. The van der Waals surface area contributed by atoms with E-state index in [4.69, 9.17) is 9.47 Å². The summed E-state index contributed by atoms with van der Waals surface area (Å²) in [6.07, 6.45) is 1.01. The van der Waals surface area contributed by atoms with Crippen LogP contribution < -0.4 is 9.47 Å². The molecular formula is C30H31N3O3. The summed E-state index contributed by atoms with van der Waals surface area (Å²) >= 11 is 0. The summed E-state index contributed by atoms with van der Waals surface area (Å²) in [6, 6.07) is 25.7. The zero-order chi connectivity index (χ0) is 25.1. The Kier molecular flexibility index (Phi) is 6.76. The van der Waals surface area contributed by atoms with E-state index in [2.05, 4.69) is 36.2 Å². The molecule has 1 aromatic heterocycles. The first-order valence-corrected chi connectivity index (χ1v) is 12.4. The summed E-state index contributed by atoms with van der Waals surface area (Å²) in [6.45, 7) is 5.57. The minimum absolute atomic E-state index is 0.0524. The molecule has 0 saturated carbocycles. The molecule has 0 spiro atoms. The number of carbonyl (C=O) groups is 1. The number of carbonyl (C=O) groups excluding carboxylic acids is 1. The molecule has 5 rings (SSSR count). The molecule has 36 heavy (non-hydrogen) atoms. The summed E-state index contributed by atoms with van der Waals surface area (Å²) in [5.74, 6) is 2.15. The van der Waals surface area contributed by atoms with Gasteiger partial charge in [0.05, 0.1) is 25.5 Å². The van der Waals surface area contributed by atoms with Gasteiger partial charge in [-0.15, -0.1) is 0 Å². The first-order chi connectivity index (χ1) is 17.5. The van der Waals surface area contributed by atoms with Crippen molar-refractivity contribution < 1.29 is 14.3 Å². The lowest BCUT2D eigenvalue weighted by atomic mass is 9.95. The van der Waals surface area contributed by atoms with E-state index >= 15 is 0 Å². The van der Waals surface area contributed by atoms with Crippen molar-refractivity contribution in [2.45, 2.75) is 32.9 Å². The van der Waals surface area contributed by atoms with Gasteiger partial charge < -0.3 is 14.4 Å². The highest BCUT2D eigenvalue weighted by molar-refractivity contribution is 6.00. The lowest BCUT2D eigenvalue weighted by molar-refractivity contribution is 0.0730. The van der Waals surface area contributed by atoms with Gasteiger partial charge in [-0.3, -0.25) is 9.89 Å².